The Hall–Kier alpha value is -0.820. The molecule has 0 saturated heterocycles. The summed E-state index contributed by atoms with van der Waals surface area (Å²) in [5.74, 6) is 0.879. The van der Waals surface area contributed by atoms with Gasteiger partial charge >= 0.3 is 0 Å². The molecule has 0 radical (unpaired) electrons. The summed E-state index contributed by atoms with van der Waals surface area (Å²) >= 11 is 0. The molecule has 1 heteroatoms. The molecule has 1 aromatic carbocycles. The first-order valence-corrected chi connectivity index (χ1v) is 6.03. The number of hydrogen-bond donors (Lipinski definition) is 1. The van der Waals surface area contributed by atoms with E-state index in [1.54, 1.807) is 0 Å². The van der Waals surface area contributed by atoms with Crippen molar-refractivity contribution in [3.63, 3.8) is 0 Å². The fourth-order valence-electron chi connectivity index (χ4n) is 2.06. The van der Waals surface area contributed by atoms with Gasteiger partial charge in [0.1, 0.15) is 0 Å². The molecule has 1 aromatic rings. The monoisotopic (exact) mass is 203 g/mol. The summed E-state index contributed by atoms with van der Waals surface area (Å²) < 4.78 is 0. The Bertz CT molecular complexity index is 315. The predicted octanol–water partition coefficient (Wildman–Crippen LogP) is 3.44. The Kier molecular flexibility index (Phi) is 3.11. The normalized spacial score (nSPS) is 26.3. The fraction of sp³-hybridized carbons (Fsp3) is 0.571. The van der Waals surface area contributed by atoms with Crippen molar-refractivity contribution in [2.45, 2.75) is 45.7 Å². The van der Waals surface area contributed by atoms with Crippen molar-refractivity contribution in [1.29, 1.82) is 0 Å². The molecule has 1 aliphatic rings. The maximum absolute atomic E-state index is 3.73. The van der Waals surface area contributed by atoms with Gasteiger partial charge in [0.15, 0.2) is 0 Å². The van der Waals surface area contributed by atoms with E-state index in [1.165, 1.54) is 24.0 Å². The first-order chi connectivity index (χ1) is 7.20. The molecule has 1 aliphatic carbocycles. The van der Waals surface area contributed by atoms with Crippen LogP contribution in [0.4, 0.5) is 0 Å². The van der Waals surface area contributed by atoms with Crippen molar-refractivity contribution in [1.82, 2.24) is 5.32 Å². The zero-order valence-corrected chi connectivity index (χ0v) is 9.96. The van der Waals surface area contributed by atoms with Gasteiger partial charge in [-0.2, -0.15) is 0 Å². The first kappa shape index (κ1) is 10.7. The Morgan fingerprint density at radius 1 is 1.33 bits per heavy atom. The van der Waals surface area contributed by atoms with Gasteiger partial charge in [-0.05, 0) is 31.2 Å². The Morgan fingerprint density at radius 3 is 2.40 bits per heavy atom. The smallest absolute Gasteiger partial charge is 0.0320 e. The maximum Gasteiger partial charge on any atom is 0.0320 e. The van der Waals surface area contributed by atoms with Crippen LogP contribution in [0.5, 0.6) is 0 Å². The average molecular weight is 203 g/mol. The Balaban J connectivity index is 2.02. The topological polar surface area (TPSA) is 12.0 Å². The molecular weight excluding hydrogens is 182 g/mol. The van der Waals surface area contributed by atoms with Crippen molar-refractivity contribution >= 4 is 0 Å². The van der Waals surface area contributed by atoms with Crippen molar-refractivity contribution in [2.75, 3.05) is 0 Å². The largest absolute Gasteiger partial charge is 0.307 e. The van der Waals surface area contributed by atoms with Gasteiger partial charge in [0.2, 0.25) is 0 Å². The lowest BCUT2D eigenvalue weighted by atomic mass is 10.0. The van der Waals surface area contributed by atoms with Crippen LogP contribution >= 0.6 is 0 Å². The van der Waals surface area contributed by atoms with Crippen LogP contribution < -0.4 is 5.32 Å². The van der Waals surface area contributed by atoms with Crippen molar-refractivity contribution in [2.24, 2.45) is 5.92 Å². The van der Waals surface area contributed by atoms with Gasteiger partial charge in [-0.15, -0.1) is 0 Å². The van der Waals surface area contributed by atoms with Crippen LogP contribution in [0.25, 0.3) is 0 Å². The summed E-state index contributed by atoms with van der Waals surface area (Å²) in [5.41, 5.74) is 2.77. The first-order valence-electron chi connectivity index (χ1n) is 6.03. The molecule has 0 aromatic heterocycles. The Morgan fingerprint density at radius 2 is 1.93 bits per heavy atom. The lowest BCUT2D eigenvalue weighted by molar-refractivity contribution is 0.502. The predicted molar refractivity (Wildman–Crippen MR) is 64.9 cm³/mol. The second-order valence-electron chi connectivity index (χ2n) is 4.86. The van der Waals surface area contributed by atoms with Crippen LogP contribution in [0.3, 0.4) is 0 Å². The molecule has 0 heterocycles. The third-order valence-electron chi connectivity index (χ3n) is 3.41. The van der Waals surface area contributed by atoms with Crippen LogP contribution in [-0.4, -0.2) is 6.04 Å². The highest BCUT2D eigenvalue weighted by atomic mass is 15.0. The van der Waals surface area contributed by atoms with E-state index >= 15 is 0 Å². The van der Waals surface area contributed by atoms with E-state index in [2.05, 4.69) is 50.4 Å². The molecule has 1 saturated carbocycles. The molecule has 15 heavy (non-hydrogen) atoms. The lowest BCUT2D eigenvalue weighted by Crippen LogP contribution is -2.23. The molecule has 1 fully saturated rings. The van der Waals surface area contributed by atoms with Crippen LogP contribution in [0, 0.1) is 12.8 Å². The van der Waals surface area contributed by atoms with E-state index in [1.807, 2.05) is 0 Å². The molecular formula is C14H21N. The molecule has 2 rings (SSSR count). The van der Waals surface area contributed by atoms with Gasteiger partial charge in [-0.25, -0.2) is 0 Å². The van der Waals surface area contributed by atoms with Crippen LogP contribution in [0.1, 0.15) is 43.9 Å². The van der Waals surface area contributed by atoms with Crippen LogP contribution in [0.2, 0.25) is 0 Å². The van der Waals surface area contributed by atoms with E-state index in [9.17, 15) is 0 Å². The van der Waals surface area contributed by atoms with Gasteiger partial charge in [0, 0.05) is 12.1 Å². The van der Waals surface area contributed by atoms with Gasteiger partial charge in [0.25, 0.3) is 0 Å². The van der Waals surface area contributed by atoms with E-state index in [0.717, 1.165) is 12.0 Å². The van der Waals surface area contributed by atoms with Crippen molar-refractivity contribution in [3.05, 3.63) is 35.4 Å². The molecule has 1 nitrogen and oxygen atoms in total. The second-order valence-corrected chi connectivity index (χ2v) is 4.86. The van der Waals surface area contributed by atoms with Gasteiger partial charge in [-0.3, -0.25) is 0 Å². The minimum absolute atomic E-state index is 0.542. The van der Waals surface area contributed by atoms with Crippen molar-refractivity contribution < 1.29 is 0 Å². The molecule has 0 bridgehead atoms. The third kappa shape index (κ3) is 2.60. The summed E-state index contributed by atoms with van der Waals surface area (Å²) in [4.78, 5) is 0. The number of benzene rings is 1. The standard InChI is InChI=1S/C14H21N/c1-4-13(15-14-9-11(14)3)12-7-5-10(2)6-8-12/h5-8,11,13-15H,4,9H2,1-3H3. The summed E-state index contributed by atoms with van der Waals surface area (Å²) in [6, 6.07) is 10.2. The molecule has 0 spiro atoms. The highest BCUT2D eigenvalue weighted by Gasteiger charge is 2.33. The van der Waals surface area contributed by atoms with Gasteiger partial charge in [-0.1, -0.05) is 43.7 Å². The number of hydrogen-bond acceptors (Lipinski definition) is 1. The molecule has 3 atom stereocenters. The molecule has 1 N–H and O–H groups in total. The SMILES string of the molecule is CCC(NC1CC1C)c1ccc(C)cc1. The van der Waals surface area contributed by atoms with Gasteiger partial charge < -0.3 is 5.32 Å². The number of rotatable bonds is 4. The van der Waals surface area contributed by atoms with E-state index in [-0.39, 0.29) is 0 Å². The second kappa shape index (κ2) is 4.36. The van der Waals surface area contributed by atoms with E-state index in [0.29, 0.717) is 6.04 Å². The lowest BCUT2D eigenvalue weighted by Gasteiger charge is -2.17. The van der Waals surface area contributed by atoms with E-state index in [4.69, 9.17) is 0 Å². The zero-order chi connectivity index (χ0) is 10.8. The molecule has 0 amide bonds. The van der Waals surface area contributed by atoms with Crippen LogP contribution in [-0.2, 0) is 0 Å². The third-order valence-corrected chi connectivity index (χ3v) is 3.41. The Labute approximate surface area is 92.9 Å². The summed E-state index contributed by atoms with van der Waals surface area (Å²) in [7, 11) is 0. The molecule has 3 unspecified atom stereocenters. The van der Waals surface area contributed by atoms with Gasteiger partial charge in [0.05, 0.1) is 0 Å². The average Bonchev–Trinajstić information content (AvgIpc) is 2.92. The summed E-state index contributed by atoms with van der Waals surface area (Å²) in [6.07, 6.45) is 2.52. The summed E-state index contributed by atoms with van der Waals surface area (Å²) in [5, 5.41) is 3.73. The highest BCUT2D eigenvalue weighted by molar-refractivity contribution is 5.24. The highest BCUT2D eigenvalue weighted by Crippen LogP contribution is 2.32. The minimum Gasteiger partial charge on any atom is -0.307 e. The van der Waals surface area contributed by atoms with Crippen LogP contribution in [0.15, 0.2) is 24.3 Å². The summed E-state index contributed by atoms with van der Waals surface area (Å²) in [6.45, 7) is 6.71. The minimum atomic E-state index is 0.542. The van der Waals surface area contributed by atoms with Crippen molar-refractivity contribution in [3.8, 4) is 0 Å². The number of nitrogens with one attached hydrogen (secondary N) is 1. The zero-order valence-electron chi connectivity index (χ0n) is 9.96. The quantitative estimate of drug-likeness (QED) is 0.790. The molecule has 82 valence electrons. The van der Waals surface area contributed by atoms with E-state index < -0.39 is 0 Å². The maximum atomic E-state index is 3.73. The fourth-order valence-corrected chi connectivity index (χ4v) is 2.06. The molecule has 0 aliphatic heterocycles. The number of aryl methyl sites for hydroxylation is 1.